The van der Waals surface area contributed by atoms with Crippen molar-refractivity contribution in [2.75, 3.05) is 14.2 Å². The van der Waals surface area contributed by atoms with Gasteiger partial charge in [-0.3, -0.25) is 9.36 Å². The summed E-state index contributed by atoms with van der Waals surface area (Å²) in [6.45, 7) is 1.86. The summed E-state index contributed by atoms with van der Waals surface area (Å²) in [7, 11) is 3.27. The van der Waals surface area contributed by atoms with E-state index < -0.39 is 0 Å². The van der Waals surface area contributed by atoms with Crippen LogP contribution in [0, 0.1) is 0 Å². The van der Waals surface area contributed by atoms with Gasteiger partial charge in [-0.2, -0.15) is 0 Å². The number of aromatic nitrogens is 2. The highest BCUT2D eigenvalue weighted by Crippen LogP contribution is 2.25. The molecule has 1 N–H and O–H groups in total. The first kappa shape index (κ1) is 14.5. The number of carbonyl (C=O) groups excluding carboxylic acids is 1. The molecule has 0 unspecified atom stereocenters. The molecular formula is C14H17N3O2S. The lowest BCUT2D eigenvalue weighted by Gasteiger charge is -2.11. The molecule has 6 heteroatoms. The number of rotatable bonds is 5. The second-order valence-electron chi connectivity index (χ2n) is 4.15. The molecule has 1 aromatic heterocycles. The summed E-state index contributed by atoms with van der Waals surface area (Å²) >= 11 is 1.42. The third kappa shape index (κ3) is 3.14. The van der Waals surface area contributed by atoms with Gasteiger partial charge in [0.1, 0.15) is 5.75 Å². The topological polar surface area (TPSA) is 56.2 Å². The first-order valence-corrected chi connectivity index (χ1v) is 7.09. The zero-order valence-corrected chi connectivity index (χ0v) is 12.5. The molecule has 2 rings (SSSR count). The van der Waals surface area contributed by atoms with Crippen LogP contribution in [-0.2, 0) is 4.79 Å². The number of imidazole rings is 1. The molecule has 0 aliphatic rings. The van der Waals surface area contributed by atoms with E-state index in [1.165, 1.54) is 11.8 Å². The van der Waals surface area contributed by atoms with Crippen LogP contribution in [-0.4, -0.2) is 34.9 Å². The summed E-state index contributed by atoms with van der Waals surface area (Å²) in [6, 6.07) is 7.70. The third-order valence-electron chi connectivity index (χ3n) is 2.86. The summed E-state index contributed by atoms with van der Waals surface area (Å²) in [5.41, 5.74) is 0.981. The maximum absolute atomic E-state index is 11.6. The molecule has 0 spiro atoms. The first-order chi connectivity index (χ1) is 9.65. The lowest BCUT2D eigenvalue weighted by Crippen LogP contribution is -2.27. The molecule has 0 saturated carbocycles. The van der Waals surface area contributed by atoms with Gasteiger partial charge < -0.3 is 10.1 Å². The van der Waals surface area contributed by atoms with Gasteiger partial charge in [0.15, 0.2) is 5.16 Å². The molecule has 1 heterocycles. The zero-order chi connectivity index (χ0) is 14.5. The SMILES string of the molecule is CNC(=O)[C@@H](C)Sc1nccn1-c1ccc(OC)cc1. The Labute approximate surface area is 122 Å². The van der Waals surface area contributed by atoms with Crippen molar-refractivity contribution in [2.24, 2.45) is 0 Å². The lowest BCUT2D eigenvalue weighted by atomic mass is 10.3. The van der Waals surface area contributed by atoms with Crippen molar-refractivity contribution < 1.29 is 9.53 Å². The van der Waals surface area contributed by atoms with E-state index in [0.717, 1.165) is 16.6 Å². The maximum Gasteiger partial charge on any atom is 0.233 e. The monoisotopic (exact) mass is 291 g/mol. The standard InChI is InChI=1S/C14H17N3O2S/c1-10(13(18)15-2)20-14-16-8-9-17(14)11-4-6-12(19-3)7-5-11/h4-10H,1-3H3,(H,15,18)/t10-/m1/s1. The molecule has 5 nitrogen and oxygen atoms in total. The third-order valence-corrected chi connectivity index (χ3v) is 3.94. The van der Waals surface area contributed by atoms with Crippen molar-refractivity contribution in [3.05, 3.63) is 36.7 Å². The molecule has 0 fully saturated rings. The van der Waals surface area contributed by atoms with Crippen molar-refractivity contribution in [3.8, 4) is 11.4 Å². The Morgan fingerprint density at radius 1 is 1.40 bits per heavy atom. The number of nitrogens with one attached hydrogen (secondary N) is 1. The van der Waals surface area contributed by atoms with E-state index >= 15 is 0 Å². The second kappa shape index (κ2) is 6.47. The van der Waals surface area contributed by atoms with E-state index in [1.807, 2.05) is 42.0 Å². The van der Waals surface area contributed by atoms with Crippen LogP contribution >= 0.6 is 11.8 Å². The molecule has 0 bridgehead atoms. The molecule has 0 aliphatic carbocycles. The van der Waals surface area contributed by atoms with Crippen LogP contribution in [0.15, 0.2) is 41.8 Å². The Bertz CT molecular complexity index is 580. The van der Waals surface area contributed by atoms with Crippen molar-refractivity contribution in [3.63, 3.8) is 0 Å². The number of nitrogens with zero attached hydrogens (tertiary/aromatic N) is 2. The van der Waals surface area contributed by atoms with E-state index in [9.17, 15) is 4.79 Å². The summed E-state index contributed by atoms with van der Waals surface area (Å²) < 4.78 is 7.09. The minimum atomic E-state index is -0.195. The van der Waals surface area contributed by atoms with Crippen molar-refractivity contribution in [1.82, 2.24) is 14.9 Å². The molecule has 1 aromatic carbocycles. The Hall–Kier alpha value is -1.95. The van der Waals surface area contributed by atoms with Gasteiger partial charge in [-0.25, -0.2) is 4.98 Å². The number of methoxy groups -OCH3 is 1. The average molecular weight is 291 g/mol. The molecular weight excluding hydrogens is 274 g/mol. The van der Waals surface area contributed by atoms with Gasteiger partial charge >= 0.3 is 0 Å². The summed E-state index contributed by atoms with van der Waals surface area (Å²) in [6.07, 6.45) is 3.60. The molecule has 0 radical (unpaired) electrons. The molecule has 0 saturated heterocycles. The van der Waals surface area contributed by atoms with E-state index in [0.29, 0.717) is 0 Å². The highest BCUT2D eigenvalue weighted by Gasteiger charge is 2.16. The Morgan fingerprint density at radius 3 is 2.70 bits per heavy atom. The van der Waals surface area contributed by atoms with Crippen molar-refractivity contribution in [1.29, 1.82) is 0 Å². The van der Waals surface area contributed by atoms with Gasteiger partial charge in [0.25, 0.3) is 0 Å². The molecule has 1 amide bonds. The number of hydrogen-bond donors (Lipinski definition) is 1. The van der Waals surface area contributed by atoms with Crippen LogP contribution in [0.25, 0.3) is 5.69 Å². The quantitative estimate of drug-likeness (QED) is 0.857. The molecule has 1 atom stereocenters. The van der Waals surface area contributed by atoms with Crippen LogP contribution in [0.1, 0.15) is 6.92 Å². The second-order valence-corrected chi connectivity index (χ2v) is 5.46. The fraction of sp³-hybridized carbons (Fsp3) is 0.286. The number of hydrogen-bond acceptors (Lipinski definition) is 4. The van der Waals surface area contributed by atoms with Crippen LogP contribution < -0.4 is 10.1 Å². The van der Waals surface area contributed by atoms with E-state index in [1.54, 1.807) is 20.4 Å². The van der Waals surface area contributed by atoms with Crippen LogP contribution in [0.3, 0.4) is 0 Å². The maximum atomic E-state index is 11.6. The zero-order valence-electron chi connectivity index (χ0n) is 11.7. The van der Waals surface area contributed by atoms with Crippen LogP contribution in [0.4, 0.5) is 0 Å². The minimum Gasteiger partial charge on any atom is -0.497 e. The predicted octanol–water partition coefficient (Wildman–Crippen LogP) is 2.11. The van der Waals surface area contributed by atoms with Crippen molar-refractivity contribution in [2.45, 2.75) is 17.3 Å². The normalized spacial score (nSPS) is 11.9. The van der Waals surface area contributed by atoms with E-state index in [4.69, 9.17) is 4.74 Å². The molecule has 20 heavy (non-hydrogen) atoms. The van der Waals surface area contributed by atoms with Gasteiger partial charge in [0.05, 0.1) is 12.4 Å². The smallest absolute Gasteiger partial charge is 0.233 e. The number of ether oxygens (including phenoxy) is 1. The summed E-state index contributed by atoms with van der Waals surface area (Å²) in [4.78, 5) is 15.9. The Kier molecular flexibility index (Phi) is 4.68. The summed E-state index contributed by atoms with van der Waals surface area (Å²) in [5.74, 6) is 0.793. The van der Waals surface area contributed by atoms with Crippen molar-refractivity contribution >= 4 is 17.7 Å². The Morgan fingerprint density at radius 2 is 2.10 bits per heavy atom. The van der Waals surface area contributed by atoms with E-state index in [-0.39, 0.29) is 11.2 Å². The van der Waals surface area contributed by atoms with Crippen LogP contribution in [0.5, 0.6) is 5.75 Å². The highest BCUT2D eigenvalue weighted by molar-refractivity contribution is 8.00. The molecule has 106 valence electrons. The number of amides is 1. The number of benzene rings is 1. The Balaban J connectivity index is 2.21. The number of thioether (sulfide) groups is 1. The van der Waals surface area contributed by atoms with Gasteiger partial charge in [0.2, 0.25) is 5.91 Å². The predicted molar refractivity (Wildman–Crippen MR) is 79.5 cm³/mol. The molecule has 2 aromatic rings. The fourth-order valence-corrected chi connectivity index (χ4v) is 2.67. The highest BCUT2D eigenvalue weighted by atomic mass is 32.2. The van der Waals surface area contributed by atoms with Crippen LogP contribution in [0.2, 0.25) is 0 Å². The summed E-state index contributed by atoms with van der Waals surface area (Å²) in [5, 5.41) is 3.23. The van der Waals surface area contributed by atoms with Gasteiger partial charge in [-0.05, 0) is 31.2 Å². The number of carbonyl (C=O) groups is 1. The minimum absolute atomic E-state index is 0.0146. The first-order valence-electron chi connectivity index (χ1n) is 6.21. The van der Waals surface area contributed by atoms with Gasteiger partial charge in [0, 0.05) is 25.1 Å². The average Bonchev–Trinajstić information content (AvgIpc) is 2.94. The lowest BCUT2D eigenvalue weighted by molar-refractivity contribution is -0.119. The van der Waals surface area contributed by atoms with E-state index in [2.05, 4.69) is 10.3 Å². The van der Waals surface area contributed by atoms with Gasteiger partial charge in [-0.15, -0.1) is 0 Å². The molecule has 0 aliphatic heterocycles. The van der Waals surface area contributed by atoms with Gasteiger partial charge in [-0.1, -0.05) is 11.8 Å². The largest absolute Gasteiger partial charge is 0.497 e. The fourth-order valence-electron chi connectivity index (χ4n) is 1.73.